The van der Waals surface area contributed by atoms with Crippen molar-refractivity contribution in [2.24, 2.45) is 0 Å². The van der Waals surface area contributed by atoms with Gasteiger partial charge in [-0.15, -0.1) is 0 Å². The van der Waals surface area contributed by atoms with Gasteiger partial charge >= 0.3 is 6.18 Å². The van der Waals surface area contributed by atoms with E-state index in [4.69, 9.17) is 4.98 Å². The second-order valence-corrected chi connectivity index (χ2v) is 18.2. The molecule has 0 aliphatic rings. The van der Waals surface area contributed by atoms with Crippen molar-refractivity contribution in [1.82, 2.24) is 9.55 Å². The zero-order valence-electron chi connectivity index (χ0n) is 38.2. The van der Waals surface area contributed by atoms with Crippen LogP contribution in [0.1, 0.15) is 5.56 Å². The smallest absolute Gasteiger partial charge is 0.309 e. The van der Waals surface area contributed by atoms with Crippen LogP contribution < -0.4 is 0 Å². The Morgan fingerprint density at radius 1 is 0.268 bits per heavy atom. The lowest BCUT2D eigenvalue weighted by atomic mass is 9.91. The number of pyridine rings is 1. The molecule has 0 unspecified atom stereocenters. The minimum atomic E-state index is -4.42. The summed E-state index contributed by atoms with van der Waals surface area (Å²) < 4.78 is 43.4. The van der Waals surface area contributed by atoms with Crippen LogP contribution in [-0.2, 0) is 6.18 Å². The third kappa shape index (κ3) is 7.51. The summed E-state index contributed by atoms with van der Waals surface area (Å²) >= 11 is 0. The van der Waals surface area contributed by atoms with Crippen molar-refractivity contribution in [3.05, 3.63) is 254 Å². The van der Waals surface area contributed by atoms with Crippen LogP contribution in [0.25, 0.3) is 127 Å². The zero-order valence-corrected chi connectivity index (χ0v) is 38.2. The SMILES string of the molecule is FC(F)(F)c1ccc(-c2ccc3c4ccccc4c4cc5c6cc(-c7ccccc7)ccc6n(-c6cc(-c7ccc(-c8ccccc8)cc7)nc(-c7ccc(-c8ccccc8)cc7)c6)c5cc4c3c2)cc1. The molecular formula is C66H41F3N2. The molecule has 11 aromatic carbocycles. The Bertz CT molecular complexity index is 4040. The number of aromatic nitrogens is 2. The number of hydrogen-bond acceptors (Lipinski definition) is 1. The maximum atomic E-state index is 13.7. The second-order valence-electron chi connectivity index (χ2n) is 18.2. The first kappa shape index (κ1) is 42.1. The predicted molar refractivity (Wildman–Crippen MR) is 289 cm³/mol. The monoisotopic (exact) mass is 918 g/mol. The number of halogens is 3. The van der Waals surface area contributed by atoms with Gasteiger partial charge in [-0.3, -0.25) is 0 Å². The molecule has 0 spiro atoms. The minimum absolute atomic E-state index is 0.667. The van der Waals surface area contributed by atoms with E-state index in [2.05, 4.69) is 205 Å². The summed E-state index contributed by atoms with van der Waals surface area (Å²) in [5.74, 6) is 0. The Hall–Kier alpha value is -9.06. The Labute approximate surface area is 408 Å². The van der Waals surface area contributed by atoms with E-state index >= 15 is 0 Å². The van der Waals surface area contributed by atoms with E-state index in [9.17, 15) is 13.2 Å². The van der Waals surface area contributed by atoms with E-state index in [1.807, 2.05) is 24.3 Å². The van der Waals surface area contributed by atoms with Gasteiger partial charge in [-0.25, -0.2) is 4.98 Å². The summed E-state index contributed by atoms with van der Waals surface area (Å²) in [4.78, 5) is 5.41. The molecule has 336 valence electrons. The Balaban J connectivity index is 1.08. The van der Waals surface area contributed by atoms with Crippen LogP contribution in [0.3, 0.4) is 0 Å². The molecule has 0 fully saturated rings. The third-order valence-corrected chi connectivity index (χ3v) is 14.0. The molecule has 0 aliphatic carbocycles. The lowest BCUT2D eigenvalue weighted by molar-refractivity contribution is -0.137. The standard InChI is InChI=1S/C66H41F3N2/c67-66(68,69)52-32-28-47(29-33-52)50-30-34-56-54-18-10-11-19-55(54)58-40-61-60-37-51(44-16-8-3-9-17-44)31-35-64(60)71(65(61)41-59(58)57(56)36-50)53-38-62(48-24-20-45(21-25-48)42-12-4-1-5-13-42)70-63(39-53)49-26-22-46(23-27-49)43-14-6-2-7-15-43/h1-41H. The number of hydrogen-bond donors (Lipinski definition) is 0. The maximum absolute atomic E-state index is 13.7. The van der Waals surface area contributed by atoms with Gasteiger partial charge in [-0.05, 0) is 131 Å². The fourth-order valence-corrected chi connectivity index (χ4v) is 10.5. The largest absolute Gasteiger partial charge is 0.416 e. The van der Waals surface area contributed by atoms with Crippen LogP contribution in [0.5, 0.6) is 0 Å². The van der Waals surface area contributed by atoms with E-state index in [1.165, 1.54) is 0 Å². The molecule has 2 nitrogen and oxygen atoms in total. The van der Waals surface area contributed by atoms with Crippen molar-refractivity contribution < 1.29 is 13.2 Å². The molecule has 0 atom stereocenters. The molecule has 5 heteroatoms. The highest BCUT2D eigenvalue weighted by molar-refractivity contribution is 6.29. The lowest BCUT2D eigenvalue weighted by Crippen LogP contribution is -2.03. The molecule has 71 heavy (non-hydrogen) atoms. The second kappa shape index (κ2) is 16.9. The van der Waals surface area contributed by atoms with Gasteiger partial charge in [0, 0.05) is 21.9 Å². The maximum Gasteiger partial charge on any atom is 0.416 e. The molecule has 0 saturated carbocycles. The average Bonchev–Trinajstić information content (AvgIpc) is 3.75. The molecule has 0 N–H and O–H groups in total. The fraction of sp³-hybridized carbons (Fsp3) is 0.0152. The summed E-state index contributed by atoms with van der Waals surface area (Å²) in [6.07, 6.45) is -4.42. The van der Waals surface area contributed by atoms with Crippen LogP contribution in [0.4, 0.5) is 13.2 Å². The normalized spacial score (nSPS) is 11.9. The van der Waals surface area contributed by atoms with E-state index in [-0.39, 0.29) is 0 Å². The van der Waals surface area contributed by atoms with Crippen molar-refractivity contribution in [2.45, 2.75) is 6.18 Å². The molecule has 0 radical (unpaired) electrons. The molecule has 0 bridgehead atoms. The first-order chi connectivity index (χ1) is 34.8. The first-order valence-electron chi connectivity index (χ1n) is 23.7. The highest BCUT2D eigenvalue weighted by Crippen LogP contribution is 2.44. The van der Waals surface area contributed by atoms with E-state index in [0.717, 1.165) is 139 Å². The highest BCUT2D eigenvalue weighted by Gasteiger charge is 2.30. The lowest BCUT2D eigenvalue weighted by Gasteiger charge is -2.15. The van der Waals surface area contributed by atoms with Crippen LogP contribution in [0.15, 0.2) is 249 Å². The van der Waals surface area contributed by atoms with Crippen molar-refractivity contribution in [3.8, 4) is 72.7 Å². The number of alkyl halides is 3. The van der Waals surface area contributed by atoms with E-state index < -0.39 is 11.7 Å². The number of nitrogens with zero attached hydrogens (tertiary/aromatic N) is 2. The molecule has 0 amide bonds. The van der Waals surface area contributed by atoms with Gasteiger partial charge in [0.05, 0.1) is 33.7 Å². The van der Waals surface area contributed by atoms with Crippen molar-refractivity contribution >= 4 is 54.1 Å². The molecule has 0 aliphatic heterocycles. The van der Waals surface area contributed by atoms with E-state index in [0.29, 0.717) is 0 Å². The van der Waals surface area contributed by atoms with Gasteiger partial charge in [0.25, 0.3) is 0 Å². The number of benzene rings is 11. The summed E-state index contributed by atoms with van der Waals surface area (Å²) in [6.45, 7) is 0. The average molecular weight is 919 g/mol. The summed E-state index contributed by atoms with van der Waals surface area (Å²) in [6, 6.07) is 84.7. The summed E-state index contributed by atoms with van der Waals surface area (Å²) in [5.41, 5.74) is 14.4. The van der Waals surface area contributed by atoms with Gasteiger partial charge in [-0.1, -0.05) is 194 Å². The van der Waals surface area contributed by atoms with Crippen LogP contribution in [-0.4, -0.2) is 9.55 Å². The van der Waals surface area contributed by atoms with Crippen molar-refractivity contribution in [1.29, 1.82) is 0 Å². The number of fused-ring (bicyclic) bond motifs is 9. The molecule has 13 rings (SSSR count). The van der Waals surface area contributed by atoms with Crippen LogP contribution >= 0.6 is 0 Å². The van der Waals surface area contributed by atoms with Gasteiger partial charge in [0.1, 0.15) is 0 Å². The van der Waals surface area contributed by atoms with Gasteiger partial charge < -0.3 is 4.57 Å². The third-order valence-electron chi connectivity index (χ3n) is 14.0. The predicted octanol–water partition coefficient (Wildman–Crippen LogP) is 18.7. The Morgan fingerprint density at radius 2 is 0.634 bits per heavy atom. The Kier molecular flexibility index (Phi) is 9.99. The Morgan fingerprint density at radius 3 is 1.18 bits per heavy atom. The van der Waals surface area contributed by atoms with Gasteiger partial charge in [-0.2, -0.15) is 13.2 Å². The molecule has 2 aromatic heterocycles. The summed E-state index contributed by atoms with van der Waals surface area (Å²) in [7, 11) is 0. The van der Waals surface area contributed by atoms with Crippen LogP contribution in [0.2, 0.25) is 0 Å². The molecular weight excluding hydrogens is 878 g/mol. The molecule has 13 aromatic rings. The quantitative estimate of drug-likeness (QED) is 0.146. The van der Waals surface area contributed by atoms with Gasteiger partial charge in [0.2, 0.25) is 0 Å². The minimum Gasteiger partial charge on any atom is -0.309 e. The van der Waals surface area contributed by atoms with Crippen molar-refractivity contribution in [2.75, 3.05) is 0 Å². The molecule has 2 heterocycles. The highest BCUT2D eigenvalue weighted by atomic mass is 19.4. The summed E-state index contributed by atoms with van der Waals surface area (Å²) in [5, 5.41) is 8.71. The zero-order chi connectivity index (χ0) is 47.6. The topological polar surface area (TPSA) is 17.8 Å². The first-order valence-corrected chi connectivity index (χ1v) is 23.7. The number of rotatable bonds is 7. The molecule has 0 saturated heterocycles. The van der Waals surface area contributed by atoms with Crippen molar-refractivity contribution in [3.63, 3.8) is 0 Å². The van der Waals surface area contributed by atoms with Crippen LogP contribution in [0, 0.1) is 0 Å². The van der Waals surface area contributed by atoms with Gasteiger partial charge in [0.15, 0.2) is 0 Å². The van der Waals surface area contributed by atoms with E-state index in [1.54, 1.807) is 12.1 Å². The fourth-order valence-electron chi connectivity index (χ4n) is 10.5.